The van der Waals surface area contributed by atoms with E-state index >= 15 is 0 Å². The Hall–Kier alpha value is -1.42. The van der Waals surface area contributed by atoms with Crippen molar-refractivity contribution in [3.8, 4) is 0 Å². The number of aryl methyl sites for hydroxylation is 1. The highest BCUT2D eigenvalue weighted by atomic mass is 19.1. The van der Waals surface area contributed by atoms with Gasteiger partial charge in [0, 0.05) is 18.2 Å². The van der Waals surface area contributed by atoms with Gasteiger partial charge in [0.1, 0.15) is 5.82 Å². The standard InChI is InChI=1S/C12H17FN2O/c1-3-10(14)7-15-12(16)9-4-5-11(13)8(2)6-9/h4-6,10H,3,7,14H2,1-2H3,(H,15,16). The fourth-order valence-corrected chi connectivity index (χ4v) is 1.26. The largest absolute Gasteiger partial charge is 0.350 e. The molecule has 1 aromatic rings. The molecule has 0 radical (unpaired) electrons. The molecule has 0 spiro atoms. The van der Waals surface area contributed by atoms with Crippen molar-refractivity contribution in [3.05, 3.63) is 35.1 Å². The van der Waals surface area contributed by atoms with Gasteiger partial charge < -0.3 is 11.1 Å². The lowest BCUT2D eigenvalue weighted by molar-refractivity contribution is 0.0951. The number of amides is 1. The Morgan fingerprint density at radius 1 is 1.56 bits per heavy atom. The predicted octanol–water partition coefficient (Wildman–Crippen LogP) is 1.60. The molecule has 0 saturated carbocycles. The fourth-order valence-electron chi connectivity index (χ4n) is 1.26. The number of carbonyl (C=O) groups is 1. The van der Waals surface area contributed by atoms with Crippen molar-refractivity contribution >= 4 is 5.91 Å². The van der Waals surface area contributed by atoms with Crippen LogP contribution in [0.1, 0.15) is 29.3 Å². The quantitative estimate of drug-likeness (QED) is 0.816. The van der Waals surface area contributed by atoms with E-state index in [0.717, 1.165) is 6.42 Å². The Morgan fingerprint density at radius 2 is 2.25 bits per heavy atom. The second-order valence-electron chi connectivity index (χ2n) is 3.84. The smallest absolute Gasteiger partial charge is 0.251 e. The molecule has 3 nitrogen and oxygen atoms in total. The maximum atomic E-state index is 13.0. The summed E-state index contributed by atoms with van der Waals surface area (Å²) >= 11 is 0. The summed E-state index contributed by atoms with van der Waals surface area (Å²) in [5, 5.41) is 2.71. The van der Waals surface area contributed by atoms with E-state index in [1.165, 1.54) is 18.2 Å². The highest BCUT2D eigenvalue weighted by Gasteiger charge is 2.08. The molecule has 4 heteroatoms. The first-order valence-electron chi connectivity index (χ1n) is 5.34. The minimum absolute atomic E-state index is 0.0366. The molecule has 0 aliphatic carbocycles. The van der Waals surface area contributed by atoms with E-state index in [9.17, 15) is 9.18 Å². The summed E-state index contributed by atoms with van der Waals surface area (Å²) in [7, 11) is 0. The van der Waals surface area contributed by atoms with Crippen LogP contribution >= 0.6 is 0 Å². The number of halogens is 1. The highest BCUT2D eigenvalue weighted by molar-refractivity contribution is 5.94. The number of carbonyl (C=O) groups excluding carboxylic acids is 1. The minimum Gasteiger partial charge on any atom is -0.350 e. The number of nitrogens with one attached hydrogen (secondary N) is 1. The Balaban J connectivity index is 2.63. The summed E-state index contributed by atoms with van der Waals surface area (Å²) in [4.78, 5) is 11.6. The van der Waals surface area contributed by atoms with Crippen molar-refractivity contribution in [1.82, 2.24) is 5.32 Å². The van der Waals surface area contributed by atoms with Crippen molar-refractivity contribution in [2.45, 2.75) is 26.3 Å². The van der Waals surface area contributed by atoms with Gasteiger partial charge >= 0.3 is 0 Å². The second kappa shape index (κ2) is 5.61. The lowest BCUT2D eigenvalue weighted by Crippen LogP contribution is -2.36. The first kappa shape index (κ1) is 12.6. The van der Waals surface area contributed by atoms with Gasteiger partial charge in [-0.3, -0.25) is 4.79 Å². The Morgan fingerprint density at radius 3 is 2.81 bits per heavy atom. The maximum Gasteiger partial charge on any atom is 0.251 e. The molecule has 1 rings (SSSR count). The third-order valence-corrected chi connectivity index (χ3v) is 2.47. The molecule has 0 aliphatic heterocycles. The molecule has 0 bridgehead atoms. The third kappa shape index (κ3) is 3.31. The van der Waals surface area contributed by atoms with E-state index in [-0.39, 0.29) is 17.8 Å². The van der Waals surface area contributed by atoms with Crippen LogP contribution in [0.4, 0.5) is 4.39 Å². The molecule has 0 aliphatic rings. The molecular formula is C12H17FN2O. The van der Waals surface area contributed by atoms with Gasteiger partial charge in [0.15, 0.2) is 0 Å². The van der Waals surface area contributed by atoms with E-state index in [4.69, 9.17) is 5.73 Å². The average molecular weight is 224 g/mol. The van der Waals surface area contributed by atoms with Crippen LogP contribution in [0.3, 0.4) is 0 Å². The maximum absolute atomic E-state index is 13.0. The van der Waals surface area contributed by atoms with E-state index in [0.29, 0.717) is 17.7 Å². The lowest BCUT2D eigenvalue weighted by atomic mass is 10.1. The summed E-state index contributed by atoms with van der Waals surface area (Å²) in [5.74, 6) is -0.520. The number of nitrogens with two attached hydrogens (primary N) is 1. The summed E-state index contributed by atoms with van der Waals surface area (Å²) in [6, 6.07) is 4.26. The van der Waals surface area contributed by atoms with Crippen LogP contribution < -0.4 is 11.1 Å². The number of rotatable bonds is 4. The van der Waals surface area contributed by atoms with Gasteiger partial charge in [-0.25, -0.2) is 4.39 Å². The third-order valence-electron chi connectivity index (χ3n) is 2.47. The fraction of sp³-hybridized carbons (Fsp3) is 0.417. The van der Waals surface area contributed by atoms with E-state index in [2.05, 4.69) is 5.32 Å². The molecule has 16 heavy (non-hydrogen) atoms. The first-order chi connectivity index (χ1) is 7.54. The lowest BCUT2D eigenvalue weighted by Gasteiger charge is -2.10. The summed E-state index contributed by atoms with van der Waals surface area (Å²) in [5.41, 5.74) is 6.60. The predicted molar refractivity (Wildman–Crippen MR) is 61.7 cm³/mol. The Labute approximate surface area is 94.8 Å². The SMILES string of the molecule is CCC(N)CNC(=O)c1ccc(F)c(C)c1. The van der Waals surface area contributed by atoms with Crippen LogP contribution in [0.15, 0.2) is 18.2 Å². The van der Waals surface area contributed by atoms with Crippen LogP contribution in [0.5, 0.6) is 0 Å². The van der Waals surface area contributed by atoms with Crippen LogP contribution in [0, 0.1) is 12.7 Å². The zero-order valence-electron chi connectivity index (χ0n) is 9.59. The topological polar surface area (TPSA) is 55.1 Å². The Bertz CT molecular complexity index is 379. The van der Waals surface area contributed by atoms with Crippen molar-refractivity contribution in [3.63, 3.8) is 0 Å². The molecule has 0 aromatic heterocycles. The van der Waals surface area contributed by atoms with E-state index in [1.807, 2.05) is 6.92 Å². The van der Waals surface area contributed by atoms with Gasteiger partial charge in [-0.15, -0.1) is 0 Å². The summed E-state index contributed by atoms with van der Waals surface area (Å²) < 4.78 is 13.0. The zero-order chi connectivity index (χ0) is 12.1. The van der Waals surface area contributed by atoms with Gasteiger partial charge in [-0.1, -0.05) is 6.92 Å². The molecule has 0 heterocycles. The van der Waals surface area contributed by atoms with Crippen molar-refractivity contribution in [2.24, 2.45) is 5.73 Å². The van der Waals surface area contributed by atoms with Crippen LogP contribution in [-0.4, -0.2) is 18.5 Å². The van der Waals surface area contributed by atoms with Gasteiger partial charge in [-0.2, -0.15) is 0 Å². The molecule has 1 amide bonds. The first-order valence-corrected chi connectivity index (χ1v) is 5.34. The average Bonchev–Trinajstić information content (AvgIpc) is 2.29. The number of hydrogen-bond donors (Lipinski definition) is 2. The van der Waals surface area contributed by atoms with Crippen molar-refractivity contribution in [2.75, 3.05) is 6.54 Å². The normalized spacial score (nSPS) is 12.2. The molecule has 1 atom stereocenters. The molecular weight excluding hydrogens is 207 g/mol. The molecule has 0 fully saturated rings. The highest BCUT2D eigenvalue weighted by Crippen LogP contribution is 2.08. The summed E-state index contributed by atoms with van der Waals surface area (Å²) in [6.07, 6.45) is 0.808. The molecule has 0 saturated heterocycles. The van der Waals surface area contributed by atoms with Gasteiger partial charge in [-0.05, 0) is 37.1 Å². The molecule has 3 N–H and O–H groups in total. The Kier molecular flexibility index (Phi) is 4.43. The van der Waals surface area contributed by atoms with Gasteiger partial charge in [0.25, 0.3) is 5.91 Å². The minimum atomic E-state index is -0.304. The summed E-state index contributed by atoms with van der Waals surface area (Å²) in [6.45, 7) is 4.02. The van der Waals surface area contributed by atoms with Gasteiger partial charge in [0.2, 0.25) is 0 Å². The number of hydrogen-bond acceptors (Lipinski definition) is 2. The molecule has 1 aromatic carbocycles. The second-order valence-corrected chi connectivity index (χ2v) is 3.84. The van der Waals surface area contributed by atoms with Crippen LogP contribution in [0.2, 0.25) is 0 Å². The van der Waals surface area contributed by atoms with Crippen LogP contribution in [0.25, 0.3) is 0 Å². The monoisotopic (exact) mass is 224 g/mol. The van der Waals surface area contributed by atoms with Gasteiger partial charge in [0.05, 0.1) is 0 Å². The van der Waals surface area contributed by atoms with E-state index < -0.39 is 0 Å². The number of benzene rings is 1. The van der Waals surface area contributed by atoms with Crippen molar-refractivity contribution < 1.29 is 9.18 Å². The molecule has 88 valence electrons. The molecule has 1 unspecified atom stereocenters. The zero-order valence-corrected chi connectivity index (χ0v) is 9.59. The van der Waals surface area contributed by atoms with Crippen LogP contribution in [-0.2, 0) is 0 Å². The van der Waals surface area contributed by atoms with Crippen molar-refractivity contribution in [1.29, 1.82) is 0 Å². The van der Waals surface area contributed by atoms with E-state index in [1.54, 1.807) is 6.92 Å².